The first-order valence-corrected chi connectivity index (χ1v) is 12.4. The average molecular weight is 486 g/mol. The number of piperazine rings is 1. The van der Waals surface area contributed by atoms with Gasteiger partial charge in [-0.1, -0.05) is 30.7 Å². The lowest BCUT2D eigenvalue weighted by molar-refractivity contribution is -0.136. The summed E-state index contributed by atoms with van der Waals surface area (Å²) in [4.78, 5) is 29.2. The molecule has 0 saturated carbocycles. The van der Waals surface area contributed by atoms with Crippen LogP contribution in [0.15, 0.2) is 30.6 Å². The highest BCUT2D eigenvalue weighted by Gasteiger charge is 2.39. The highest BCUT2D eigenvalue weighted by atomic mass is 35.5. The lowest BCUT2D eigenvalue weighted by Gasteiger charge is -2.42. The molecule has 1 amide bonds. The van der Waals surface area contributed by atoms with Crippen LogP contribution >= 0.6 is 11.6 Å². The largest absolute Gasteiger partial charge is 0.387 e. The molecule has 2 unspecified atom stereocenters. The van der Waals surface area contributed by atoms with E-state index in [2.05, 4.69) is 33.7 Å². The van der Waals surface area contributed by atoms with Crippen molar-refractivity contribution in [3.63, 3.8) is 0 Å². The number of benzene rings is 1. The van der Waals surface area contributed by atoms with Crippen LogP contribution in [-0.2, 0) is 9.53 Å². The van der Waals surface area contributed by atoms with Gasteiger partial charge in [-0.05, 0) is 37.1 Å². The molecule has 3 heterocycles. The molecule has 2 aliphatic heterocycles. The number of hydrogen-bond donors (Lipinski definition) is 1. The zero-order valence-electron chi connectivity index (χ0n) is 19.7. The van der Waals surface area contributed by atoms with Crippen molar-refractivity contribution in [3.05, 3.63) is 52.4 Å². The number of ether oxygens (including phenoxy) is 1. The Hall–Kier alpha value is -2.26. The highest BCUT2D eigenvalue weighted by Crippen LogP contribution is 2.43. The number of likely N-dealkylation sites (N-methyl/N-ethyl adjacent to an activating group) is 1. The van der Waals surface area contributed by atoms with E-state index in [1.807, 2.05) is 29.2 Å². The van der Waals surface area contributed by atoms with Crippen molar-refractivity contribution in [1.29, 1.82) is 0 Å². The van der Waals surface area contributed by atoms with Crippen LogP contribution in [0.25, 0.3) is 0 Å². The minimum absolute atomic E-state index is 0.0204. The number of nitrogens with zero attached hydrogens (tertiary/aromatic N) is 5. The number of rotatable bonds is 4. The van der Waals surface area contributed by atoms with Gasteiger partial charge in [0.15, 0.2) is 0 Å². The summed E-state index contributed by atoms with van der Waals surface area (Å²) in [6.07, 6.45) is 1.70. The summed E-state index contributed by atoms with van der Waals surface area (Å²) in [5.41, 5.74) is 2.77. The van der Waals surface area contributed by atoms with Crippen LogP contribution in [0.4, 0.5) is 5.82 Å². The molecule has 2 fully saturated rings. The fourth-order valence-corrected chi connectivity index (χ4v) is 5.67. The molecule has 0 radical (unpaired) electrons. The van der Waals surface area contributed by atoms with Crippen molar-refractivity contribution in [1.82, 2.24) is 19.8 Å². The minimum Gasteiger partial charge on any atom is -0.387 e. The van der Waals surface area contributed by atoms with Crippen LogP contribution in [0.3, 0.4) is 0 Å². The normalized spacial score (nSPS) is 26.4. The summed E-state index contributed by atoms with van der Waals surface area (Å²) in [5.74, 6) is 0.932. The second-order valence-electron chi connectivity index (χ2n) is 9.61. The number of aliphatic hydroxyl groups is 1. The molecule has 1 aromatic carbocycles. The SMILES string of the molecule is C[C@@H]1C[C@H](O)c2ncnc(N3CCN(C(=O)C(c4ccc(Cl)cc4)C4COCCN4C)CC3)c21. The van der Waals surface area contributed by atoms with Gasteiger partial charge in [-0.2, -0.15) is 0 Å². The van der Waals surface area contributed by atoms with E-state index in [1.54, 1.807) is 6.33 Å². The number of aliphatic hydroxyl groups excluding tert-OH is 1. The molecule has 0 bridgehead atoms. The van der Waals surface area contributed by atoms with Crippen molar-refractivity contribution in [2.75, 3.05) is 57.9 Å². The van der Waals surface area contributed by atoms with E-state index in [9.17, 15) is 9.90 Å². The lowest BCUT2D eigenvalue weighted by Crippen LogP contribution is -2.55. The summed E-state index contributed by atoms with van der Waals surface area (Å²) >= 11 is 6.13. The summed E-state index contributed by atoms with van der Waals surface area (Å²) in [7, 11) is 2.06. The highest BCUT2D eigenvalue weighted by molar-refractivity contribution is 6.30. The summed E-state index contributed by atoms with van der Waals surface area (Å²) in [5, 5.41) is 11.0. The third-order valence-electron chi connectivity index (χ3n) is 7.49. The van der Waals surface area contributed by atoms with Crippen LogP contribution in [0.5, 0.6) is 0 Å². The first-order chi connectivity index (χ1) is 16.4. The molecular formula is C25H32ClN5O3. The van der Waals surface area contributed by atoms with Crippen molar-refractivity contribution in [2.45, 2.75) is 37.3 Å². The van der Waals surface area contributed by atoms with Crippen LogP contribution in [-0.4, -0.2) is 89.8 Å². The number of carbonyl (C=O) groups is 1. The predicted molar refractivity (Wildman–Crippen MR) is 130 cm³/mol. The Bertz CT molecular complexity index is 1030. The van der Waals surface area contributed by atoms with Gasteiger partial charge in [-0.25, -0.2) is 9.97 Å². The average Bonchev–Trinajstić information content (AvgIpc) is 3.15. The second-order valence-corrected chi connectivity index (χ2v) is 10.0. The van der Waals surface area contributed by atoms with Crippen LogP contribution in [0.1, 0.15) is 48.1 Å². The molecule has 2 aromatic rings. The third-order valence-corrected chi connectivity index (χ3v) is 7.74. The molecule has 1 aromatic heterocycles. The van der Waals surface area contributed by atoms with E-state index in [-0.39, 0.29) is 23.8 Å². The smallest absolute Gasteiger partial charge is 0.231 e. The van der Waals surface area contributed by atoms with Gasteiger partial charge >= 0.3 is 0 Å². The van der Waals surface area contributed by atoms with E-state index < -0.39 is 6.10 Å². The Labute approximate surface area is 205 Å². The minimum atomic E-state index is -0.524. The van der Waals surface area contributed by atoms with Crippen molar-refractivity contribution in [3.8, 4) is 0 Å². The van der Waals surface area contributed by atoms with Crippen LogP contribution < -0.4 is 4.90 Å². The van der Waals surface area contributed by atoms with Gasteiger partial charge in [0.2, 0.25) is 5.91 Å². The zero-order valence-corrected chi connectivity index (χ0v) is 20.5. The molecule has 182 valence electrons. The Kier molecular flexibility index (Phi) is 6.75. The van der Waals surface area contributed by atoms with Gasteiger partial charge in [0.05, 0.1) is 30.9 Å². The fourth-order valence-electron chi connectivity index (χ4n) is 5.55. The van der Waals surface area contributed by atoms with Gasteiger partial charge in [0.25, 0.3) is 0 Å². The Morgan fingerprint density at radius 1 is 1.15 bits per heavy atom. The third kappa shape index (κ3) is 4.40. The number of fused-ring (bicyclic) bond motifs is 1. The lowest BCUT2D eigenvalue weighted by atomic mass is 9.88. The number of anilines is 1. The molecule has 4 atom stereocenters. The summed E-state index contributed by atoms with van der Waals surface area (Å²) in [6.45, 7) is 6.77. The number of amides is 1. The topological polar surface area (TPSA) is 82.0 Å². The van der Waals surface area contributed by atoms with Crippen LogP contribution in [0.2, 0.25) is 5.02 Å². The van der Waals surface area contributed by atoms with Gasteiger partial charge in [0, 0.05) is 49.4 Å². The molecule has 34 heavy (non-hydrogen) atoms. The summed E-state index contributed by atoms with van der Waals surface area (Å²) < 4.78 is 5.77. The standard InChI is InChI=1S/C25H32ClN5O3/c1-16-13-20(32)23-21(16)24(28-15-27-23)30-7-9-31(10-8-30)25(33)22(17-3-5-18(26)6-4-17)19-14-34-12-11-29(19)2/h3-6,15-16,19-20,22,32H,7-14H2,1-2H3/t16-,19?,20+,22?/m1/s1. The van der Waals surface area contributed by atoms with E-state index >= 15 is 0 Å². The maximum atomic E-state index is 13.9. The number of morpholine rings is 1. The van der Waals surface area contributed by atoms with Gasteiger partial charge in [-0.15, -0.1) is 0 Å². The molecule has 8 nitrogen and oxygen atoms in total. The number of hydrogen-bond acceptors (Lipinski definition) is 7. The second kappa shape index (κ2) is 9.77. The predicted octanol–water partition coefficient (Wildman–Crippen LogP) is 2.43. The quantitative estimate of drug-likeness (QED) is 0.712. The van der Waals surface area contributed by atoms with E-state index in [4.69, 9.17) is 16.3 Å². The zero-order chi connectivity index (χ0) is 23.8. The first-order valence-electron chi connectivity index (χ1n) is 12.0. The first kappa shape index (κ1) is 23.5. The molecule has 3 aliphatic rings. The molecule has 2 saturated heterocycles. The Morgan fingerprint density at radius 2 is 1.88 bits per heavy atom. The molecule has 9 heteroatoms. The van der Waals surface area contributed by atoms with Crippen molar-refractivity contribution in [2.24, 2.45) is 0 Å². The van der Waals surface area contributed by atoms with Gasteiger partial charge in [-0.3, -0.25) is 9.69 Å². The van der Waals surface area contributed by atoms with Crippen molar-refractivity contribution < 1.29 is 14.6 Å². The number of carbonyl (C=O) groups excluding carboxylic acids is 1. The maximum Gasteiger partial charge on any atom is 0.231 e. The van der Waals surface area contributed by atoms with Gasteiger partial charge in [0.1, 0.15) is 12.1 Å². The fraction of sp³-hybridized carbons (Fsp3) is 0.560. The van der Waals surface area contributed by atoms with E-state index in [1.165, 1.54) is 0 Å². The number of aromatic nitrogens is 2. The molecule has 1 N–H and O–H groups in total. The monoisotopic (exact) mass is 485 g/mol. The van der Waals surface area contributed by atoms with E-state index in [0.717, 1.165) is 29.2 Å². The van der Waals surface area contributed by atoms with Gasteiger partial charge < -0.3 is 19.6 Å². The van der Waals surface area contributed by atoms with Crippen LogP contribution in [0, 0.1) is 0 Å². The number of halogens is 1. The van der Waals surface area contributed by atoms with Crippen molar-refractivity contribution >= 4 is 23.3 Å². The summed E-state index contributed by atoms with van der Waals surface area (Å²) in [6, 6.07) is 7.60. The maximum absolute atomic E-state index is 13.9. The van der Waals surface area contributed by atoms with E-state index in [0.29, 0.717) is 50.8 Å². The Morgan fingerprint density at radius 3 is 2.59 bits per heavy atom. The Balaban J connectivity index is 1.34. The molecule has 5 rings (SSSR count). The molecular weight excluding hydrogens is 454 g/mol. The molecule has 1 aliphatic carbocycles. The molecule has 0 spiro atoms.